The van der Waals surface area contributed by atoms with Gasteiger partial charge in [0, 0.05) is 13.1 Å². The fourth-order valence-electron chi connectivity index (χ4n) is 2.09. The lowest BCUT2D eigenvalue weighted by atomic mass is 10.1. The molecule has 0 amide bonds. The van der Waals surface area contributed by atoms with Crippen LogP contribution in [0.4, 0.5) is 0 Å². The summed E-state index contributed by atoms with van der Waals surface area (Å²) in [5.74, 6) is 1.24. The first-order valence-electron chi connectivity index (χ1n) is 5.72. The van der Waals surface area contributed by atoms with E-state index < -0.39 is 0 Å². The van der Waals surface area contributed by atoms with E-state index in [0.29, 0.717) is 23.8 Å². The van der Waals surface area contributed by atoms with E-state index in [9.17, 15) is 5.11 Å². The Balaban J connectivity index is 2.17. The summed E-state index contributed by atoms with van der Waals surface area (Å²) in [6.45, 7) is 1.42. The number of methoxy groups -OCH3 is 1. The van der Waals surface area contributed by atoms with Gasteiger partial charge in [0.1, 0.15) is 5.75 Å². The summed E-state index contributed by atoms with van der Waals surface area (Å²) in [4.78, 5) is 8.84. The van der Waals surface area contributed by atoms with Gasteiger partial charge in [-0.05, 0) is 12.1 Å². The van der Waals surface area contributed by atoms with Crippen LogP contribution in [0.5, 0.6) is 11.6 Å². The molecule has 0 bridgehead atoms. The molecule has 2 N–H and O–H groups in total. The topological polar surface area (TPSA) is 67.3 Å². The molecule has 1 aliphatic heterocycles. The molecule has 0 saturated carbocycles. The largest absolute Gasteiger partial charge is 0.507 e. The second-order valence-corrected chi connectivity index (χ2v) is 4.10. The number of benzene rings is 1. The highest BCUT2D eigenvalue weighted by molar-refractivity contribution is 5.64. The van der Waals surface area contributed by atoms with E-state index in [0.717, 1.165) is 17.8 Å². The molecule has 0 aliphatic carbocycles. The number of hydrogen-bond donors (Lipinski definition) is 2. The lowest BCUT2D eigenvalue weighted by Crippen LogP contribution is -2.01. The average molecular weight is 243 g/mol. The van der Waals surface area contributed by atoms with Crippen molar-refractivity contribution in [3.05, 3.63) is 35.5 Å². The SMILES string of the molecule is COc1nc(-c2ccccc2O)nc2c1CNC2. The van der Waals surface area contributed by atoms with Crippen LogP contribution in [-0.4, -0.2) is 22.2 Å². The standard InChI is InChI=1S/C13H13N3O2/c1-18-13-9-6-14-7-10(9)15-12(16-13)8-4-2-3-5-11(8)17/h2-5,14,17H,6-7H2,1H3. The van der Waals surface area contributed by atoms with Crippen LogP contribution >= 0.6 is 0 Å². The molecule has 18 heavy (non-hydrogen) atoms. The Hall–Kier alpha value is -2.14. The summed E-state index contributed by atoms with van der Waals surface area (Å²) in [5.41, 5.74) is 2.54. The Morgan fingerprint density at radius 1 is 1.22 bits per heavy atom. The number of nitrogens with zero attached hydrogens (tertiary/aromatic N) is 2. The molecule has 0 spiro atoms. The highest BCUT2D eigenvalue weighted by Crippen LogP contribution is 2.30. The van der Waals surface area contributed by atoms with E-state index in [2.05, 4.69) is 15.3 Å². The molecule has 2 heterocycles. The van der Waals surface area contributed by atoms with Crippen molar-refractivity contribution in [1.82, 2.24) is 15.3 Å². The lowest BCUT2D eigenvalue weighted by molar-refractivity contribution is 0.392. The molecule has 0 unspecified atom stereocenters. The molecule has 92 valence electrons. The van der Waals surface area contributed by atoms with E-state index in [4.69, 9.17) is 4.74 Å². The molecule has 1 aromatic heterocycles. The number of ether oxygens (including phenoxy) is 1. The summed E-state index contributed by atoms with van der Waals surface area (Å²) in [6, 6.07) is 7.02. The normalized spacial score (nSPS) is 13.4. The molecular formula is C13H13N3O2. The zero-order valence-electron chi connectivity index (χ0n) is 9.97. The molecular weight excluding hydrogens is 230 g/mol. The molecule has 0 fully saturated rings. The Morgan fingerprint density at radius 2 is 2.06 bits per heavy atom. The van der Waals surface area contributed by atoms with Crippen molar-refractivity contribution in [2.75, 3.05) is 7.11 Å². The smallest absolute Gasteiger partial charge is 0.221 e. The van der Waals surface area contributed by atoms with Gasteiger partial charge >= 0.3 is 0 Å². The van der Waals surface area contributed by atoms with E-state index in [1.54, 1.807) is 25.3 Å². The fraction of sp³-hybridized carbons (Fsp3) is 0.231. The highest BCUT2D eigenvalue weighted by atomic mass is 16.5. The first-order chi connectivity index (χ1) is 8.79. The summed E-state index contributed by atoms with van der Waals surface area (Å²) >= 11 is 0. The molecule has 1 aromatic carbocycles. The predicted octanol–water partition coefficient (Wildman–Crippen LogP) is 1.46. The van der Waals surface area contributed by atoms with Crippen molar-refractivity contribution in [2.45, 2.75) is 13.1 Å². The number of rotatable bonds is 2. The summed E-state index contributed by atoms with van der Waals surface area (Å²) in [5, 5.41) is 13.1. The third-order valence-electron chi connectivity index (χ3n) is 2.99. The molecule has 3 rings (SSSR count). The van der Waals surface area contributed by atoms with Crippen molar-refractivity contribution in [3.8, 4) is 23.0 Å². The van der Waals surface area contributed by atoms with Crippen LogP contribution in [0.25, 0.3) is 11.4 Å². The molecule has 5 heteroatoms. The minimum absolute atomic E-state index is 0.172. The van der Waals surface area contributed by atoms with Gasteiger partial charge in [-0.15, -0.1) is 0 Å². The van der Waals surface area contributed by atoms with Crippen LogP contribution in [0.1, 0.15) is 11.3 Å². The maximum atomic E-state index is 9.84. The monoisotopic (exact) mass is 243 g/mol. The maximum Gasteiger partial charge on any atom is 0.221 e. The number of phenolic OH excluding ortho intramolecular Hbond substituents is 1. The third-order valence-corrected chi connectivity index (χ3v) is 2.99. The number of para-hydroxylation sites is 1. The van der Waals surface area contributed by atoms with Crippen LogP contribution in [0.2, 0.25) is 0 Å². The van der Waals surface area contributed by atoms with Crippen molar-refractivity contribution in [2.24, 2.45) is 0 Å². The molecule has 0 atom stereocenters. The van der Waals surface area contributed by atoms with E-state index in [1.165, 1.54) is 0 Å². The number of aromatic nitrogens is 2. The van der Waals surface area contributed by atoms with Gasteiger partial charge in [-0.1, -0.05) is 12.1 Å². The first kappa shape index (κ1) is 11.0. The zero-order chi connectivity index (χ0) is 12.5. The third kappa shape index (κ3) is 1.69. The molecule has 2 aromatic rings. The second-order valence-electron chi connectivity index (χ2n) is 4.10. The lowest BCUT2D eigenvalue weighted by Gasteiger charge is -2.09. The molecule has 5 nitrogen and oxygen atoms in total. The quantitative estimate of drug-likeness (QED) is 0.835. The Labute approximate surface area is 104 Å². The van der Waals surface area contributed by atoms with Crippen LogP contribution in [0, 0.1) is 0 Å². The van der Waals surface area contributed by atoms with Gasteiger partial charge in [-0.2, -0.15) is 4.98 Å². The first-order valence-corrected chi connectivity index (χ1v) is 5.72. The predicted molar refractivity (Wildman–Crippen MR) is 66.2 cm³/mol. The number of fused-ring (bicyclic) bond motifs is 1. The Kier molecular flexibility index (Phi) is 2.60. The maximum absolute atomic E-state index is 9.84. The van der Waals surface area contributed by atoms with Gasteiger partial charge in [-0.3, -0.25) is 0 Å². The zero-order valence-corrected chi connectivity index (χ0v) is 9.97. The van der Waals surface area contributed by atoms with E-state index in [1.807, 2.05) is 6.07 Å². The molecule has 1 aliphatic rings. The Morgan fingerprint density at radius 3 is 2.83 bits per heavy atom. The summed E-state index contributed by atoms with van der Waals surface area (Å²) in [7, 11) is 1.59. The van der Waals surface area contributed by atoms with Gasteiger partial charge in [0.2, 0.25) is 5.88 Å². The summed E-state index contributed by atoms with van der Waals surface area (Å²) in [6.07, 6.45) is 0. The van der Waals surface area contributed by atoms with E-state index >= 15 is 0 Å². The van der Waals surface area contributed by atoms with Crippen LogP contribution in [0.15, 0.2) is 24.3 Å². The van der Waals surface area contributed by atoms with Crippen molar-refractivity contribution in [3.63, 3.8) is 0 Å². The molecule has 0 radical (unpaired) electrons. The molecule has 0 saturated heterocycles. The van der Waals surface area contributed by atoms with Crippen LogP contribution in [-0.2, 0) is 13.1 Å². The average Bonchev–Trinajstić information content (AvgIpc) is 2.86. The van der Waals surface area contributed by atoms with Crippen LogP contribution in [0.3, 0.4) is 0 Å². The van der Waals surface area contributed by atoms with Gasteiger partial charge in [0.15, 0.2) is 5.82 Å². The minimum Gasteiger partial charge on any atom is -0.507 e. The van der Waals surface area contributed by atoms with E-state index in [-0.39, 0.29) is 5.75 Å². The van der Waals surface area contributed by atoms with Crippen molar-refractivity contribution in [1.29, 1.82) is 0 Å². The second kappa shape index (κ2) is 4.27. The number of hydrogen-bond acceptors (Lipinski definition) is 5. The number of aromatic hydroxyl groups is 1. The van der Waals surface area contributed by atoms with Gasteiger partial charge in [0.05, 0.1) is 23.9 Å². The van der Waals surface area contributed by atoms with Crippen molar-refractivity contribution >= 4 is 0 Å². The summed E-state index contributed by atoms with van der Waals surface area (Å²) < 4.78 is 5.29. The Bertz CT molecular complexity index is 599. The minimum atomic E-state index is 0.172. The van der Waals surface area contributed by atoms with Gasteiger partial charge in [-0.25, -0.2) is 4.98 Å². The fourth-order valence-corrected chi connectivity index (χ4v) is 2.09. The van der Waals surface area contributed by atoms with Crippen LogP contribution < -0.4 is 10.1 Å². The highest BCUT2D eigenvalue weighted by Gasteiger charge is 2.20. The van der Waals surface area contributed by atoms with Crippen molar-refractivity contribution < 1.29 is 9.84 Å². The number of phenols is 1. The number of nitrogens with one attached hydrogen (secondary N) is 1. The van der Waals surface area contributed by atoms with Gasteiger partial charge < -0.3 is 15.2 Å². The van der Waals surface area contributed by atoms with Gasteiger partial charge in [0.25, 0.3) is 0 Å².